The van der Waals surface area contributed by atoms with Crippen molar-refractivity contribution in [1.29, 1.82) is 0 Å². The first-order chi connectivity index (χ1) is 9.15. The van der Waals surface area contributed by atoms with Gasteiger partial charge in [-0.3, -0.25) is 4.79 Å². The molecule has 1 fully saturated rings. The number of benzene rings is 1. The predicted octanol–water partition coefficient (Wildman–Crippen LogP) is 4.15. The van der Waals surface area contributed by atoms with Gasteiger partial charge in [0.15, 0.2) is 0 Å². The lowest BCUT2D eigenvalue weighted by atomic mass is 9.99. The molecule has 4 heteroatoms. The van der Waals surface area contributed by atoms with E-state index in [-0.39, 0.29) is 5.91 Å². The van der Waals surface area contributed by atoms with Crippen molar-refractivity contribution in [3.63, 3.8) is 0 Å². The average Bonchev–Trinajstić information content (AvgIpc) is 2.85. The lowest BCUT2D eigenvalue weighted by Crippen LogP contribution is -2.43. The molecule has 1 aliphatic rings. The Morgan fingerprint density at radius 3 is 2.95 bits per heavy atom. The van der Waals surface area contributed by atoms with Gasteiger partial charge in [0.05, 0.1) is 4.88 Å². The molecule has 1 amide bonds. The normalized spacial score (nSPS) is 23.8. The Hall–Kier alpha value is -0.870. The third-order valence-electron chi connectivity index (χ3n) is 3.79. The van der Waals surface area contributed by atoms with Crippen molar-refractivity contribution in [2.45, 2.75) is 18.2 Å². The Kier molecular flexibility index (Phi) is 3.63. The minimum atomic E-state index is 0.178. The van der Waals surface area contributed by atoms with Crippen molar-refractivity contribution < 1.29 is 4.79 Å². The van der Waals surface area contributed by atoms with Gasteiger partial charge in [-0.15, -0.1) is 11.3 Å². The van der Waals surface area contributed by atoms with Crippen molar-refractivity contribution in [3.8, 4) is 0 Å². The number of hydrogen-bond donors (Lipinski definition) is 0. The van der Waals surface area contributed by atoms with E-state index >= 15 is 0 Å². The zero-order chi connectivity index (χ0) is 13.4. The summed E-state index contributed by atoms with van der Waals surface area (Å²) in [5.74, 6) is 0.823. The number of halogens is 1. The van der Waals surface area contributed by atoms with Crippen LogP contribution in [0.25, 0.3) is 10.1 Å². The van der Waals surface area contributed by atoms with Crippen LogP contribution in [0, 0.1) is 5.92 Å². The van der Waals surface area contributed by atoms with E-state index in [2.05, 4.69) is 35.0 Å². The Morgan fingerprint density at radius 1 is 1.42 bits per heavy atom. The van der Waals surface area contributed by atoms with Gasteiger partial charge in [-0.05, 0) is 29.9 Å². The van der Waals surface area contributed by atoms with Crippen molar-refractivity contribution in [1.82, 2.24) is 4.90 Å². The summed E-state index contributed by atoms with van der Waals surface area (Å²) in [5.41, 5.74) is 0. The van der Waals surface area contributed by atoms with Crippen molar-refractivity contribution in [2.24, 2.45) is 5.92 Å². The van der Waals surface area contributed by atoms with Crippen LogP contribution in [0.2, 0.25) is 0 Å². The lowest BCUT2D eigenvalue weighted by Gasteiger charge is -2.33. The molecule has 0 saturated carbocycles. The smallest absolute Gasteiger partial charge is 0.263 e. The molecular weight excluding hydrogens is 322 g/mol. The molecular formula is C15H16BrNOS. The Morgan fingerprint density at radius 2 is 2.21 bits per heavy atom. The number of fused-ring (bicyclic) bond motifs is 1. The number of rotatable bonds is 1. The summed E-state index contributed by atoms with van der Waals surface area (Å²) >= 11 is 5.27. The summed E-state index contributed by atoms with van der Waals surface area (Å²) in [5, 5.41) is 1.16. The molecule has 2 atom stereocenters. The first-order valence-corrected chi connectivity index (χ1v) is 8.30. The fourth-order valence-corrected chi connectivity index (χ4v) is 4.09. The van der Waals surface area contributed by atoms with Crippen molar-refractivity contribution in [2.75, 3.05) is 13.1 Å². The molecule has 100 valence electrons. The van der Waals surface area contributed by atoms with Crippen LogP contribution in [0.1, 0.15) is 23.0 Å². The highest BCUT2D eigenvalue weighted by molar-refractivity contribution is 9.09. The van der Waals surface area contributed by atoms with E-state index in [1.54, 1.807) is 11.3 Å². The molecule has 1 aromatic carbocycles. The SMILES string of the molecule is CC1CCN(C(=O)c2cc3ccccc3s2)CC1Br. The van der Waals surface area contributed by atoms with E-state index in [1.807, 2.05) is 23.1 Å². The van der Waals surface area contributed by atoms with Crippen molar-refractivity contribution in [3.05, 3.63) is 35.2 Å². The number of amides is 1. The molecule has 2 unspecified atom stereocenters. The molecule has 2 nitrogen and oxygen atoms in total. The van der Waals surface area contributed by atoms with Crippen LogP contribution in [0.15, 0.2) is 30.3 Å². The summed E-state index contributed by atoms with van der Waals surface area (Å²) in [4.78, 5) is 15.8. The number of piperidine rings is 1. The minimum Gasteiger partial charge on any atom is -0.337 e. The first-order valence-electron chi connectivity index (χ1n) is 6.57. The van der Waals surface area contributed by atoms with Crippen LogP contribution in [0.3, 0.4) is 0 Å². The molecule has 0 N–H and O–H groups in total. The quantitative estimate of drug-likeness (QED) is 0.716. The monoisotopic (exact) mass is 337 g/mol. The van der Waals surface area contributed by atoms with Gasteiger partial charge in [0, 0.05) is 22.6 Å². The molecule has 0 radical (unpaired) electrons. The maximum absolute atomic E-state index is 12.5. The van der Waals surface area contributed by atoms with Gasteiger partial charge < -0.3 is 4.90 Å². The Labute approximate surface area is 125 Å². The number of carbonyl (C=O) groups excluding carboxylic acids is 1. The summed E-state index contributed by atoms with van der Waals surface area (Å²) < 4.78 is 1.19. The van der Waals surface area contributed by atoms with Gasteiger partial charge in [-0.25, -0.2) is 0 Å². The van der Waals surface area contributed by atoms with E-state index in [0.717, 1.165) is 29.8 Å². The number of carbonyl (C=O) groups is 1. The maximum Gasteiger partial charge on any atom is 0.263 e. The van der Waals surface area contributed by atoms with Gasteiger partial charge in [0.2, 0.25) is 0 Å². The minimum absolute atomic E-state index is 0.178. The average molecular weight is 338 g/mol. The molecule has 0 aliphatic carbocycles. The van der Waals surface area contributed by atoms with Crippen LogP contribution in [0.4, 0.5) is 0 Å². The van der Waals surface area contributed by atoms with Crippen molar-refractivity contribution >= 4 is 43.3 Å². The molecule has 2 heterocycles. The molecule has 2 aromatic rings. The predicted molar refractivity (Wildman–Crippen MR) is 84.2 cm³/mol. The molecule has 1 saturated heterocycles. The second-order valence-electron chi connectivity index (χ2n) is 5.18. The van der Waals surface area contributed by atoms with Gasteiger partial charge in [-0.2, -0.15) is 0 Å². The number of hydrogen-bond acceptors (Lipinski definition) is 2. The summed E-state index contributed by atoms with van der Waals surface area (Å²) in [6, 6.07) is 10.2. The lowest BCUT2D eigenvalue weighted by molar-refractivity contribution is 0.0711. The molecule has 1 aromatic heterocycles. The number of thiophene rings is 1. The molecule has 0 spiro atoms. The van der Waals surface area contributed by atoms with E-state index in [4.69, 9.17) is 0 Å². The summed E-state index contributed by atoms with van der Waals surface area (Å²) in [6.07, 6.45) is 1.08. The highest BCUT2D eigenvalue weighted by Gasteiger charge is 2.28. The van der Waals surface area contributed by atoms with Crippen LogP contribution >= 0.6 is 27.3 Å². The van der Waals surface area contributed by atoms with Gasteiger partial charge in [-0.1, -0.05) is 41.1 Å². The second-order valence-corrected chi connectivity index (χ2v) is 7.44. The Balaban J connectivity index is 1.83. The largest absolute Gasteiger partial charge is 0.337 e. The third-order valence-corrected chi connectivity index (χ3v) is 6.09. The summed E-state index contributed by atoms with van der Waals surface area (Å²) in [6.45, 7) is 3.92. The third kappa shape index (κ3) is 2.56. The van der Waals surface area contributed by atoms with Crippen LogP contribution in [-0.2, 0) is 0 Å². The van der Waals surface area contributed by atoms with Gasteiger partial charge in [0.1, 0.15) is 0 Å². The van der Waals surface area contributed by atoms with E-state index in [9.17, 15) is 4.79 Å². The highest BCUT2D eigenvalue weighted by atomic mass is 79.9. The van der Waals surface area contributed by atoms with Crippen LogP contribution in [0.5, 0.6) is 0 Å². The molecule has 1 aliphatic heterocycles. The zero-order valence-corrected chi connectivity index (χ0v) is 13.2. The number of alkyl halides is 1. The zero-order valence-electron chi connectivity index (χ0n) is 10.8. The second kappa shape index (κ2) is 5.25. The first kappa shape index (κ1) is 13.1. The topological polar surface area (TPSA) is 20.3 Å². The standard InChI is InChI=1S/C15H16BrNOS/c1-10-6-7-17(9-12(10)16)15(18)14-8-11-4-2-3-5-13(11)19-14/h2-5,8,10,12H,6-7,9H2,1H3. The molecule has 0 bridgehead atoms. The summed E-state index contributed by atoms with van der Waals surface area (Å²) in [7, 11) is 0. The number of likely N-dealkylation sites (tertiary alicyclic amines) is 1. The fraction of sp³-hybridized carbons (Fsp3) is 0.400. The molecule has 3 rings (SSSR count). The van der Waals surface area contributed by atoms with Crippen LogP contribution in [-0.4, -0.2) is 28.7 Å². The Bertz CT molecular complexity index is 576. The van der Waals surface area contributed by atoms with E-state index < -0.39 is 0 Å². The van der Waals surface area contributed by atoms with Gasteiger partial charge >= 0.3 is 0 Å². The van der Waals surface area contributed by atoms with Gasteiger partial charge in [0.25, 0.3) is 5.91 Å². The number of nitrogens with zero attached hydrogens (tertiary/aromatic N) is 1. The van der Waals surface area contributed by atoms with E-state index in [0.29, 0.717) is 10.7 Å². The van der Waals surface area contributed by atoms with Crippen LogP contribution < -0.4 is 0 Å². The van der Waals surface area contributed by atoms with E-state index in [1.165, 1.54) is 4.70 Å². The fourth-order valence-electron chi connectivity index (χ4n) is 2.45. The highest BCUT2D eigenvalue weighted by Crippen LogP contribution is 2.29. The molecule has 19 heavy (non-hydrogen) atoms. The maximum atomic E-state index is 12.5.